The number of oxime groups is 1. The predicted molar refractivity (Wildman–Crippen MR) is 86.6 cm³/mol. The summed E-state index contributed by atoms with van der Waals surface area (Å²) in [6.07, 6.45) is 0.838. The van der Waals surface area contributed by atoms with Gasteiger partial charge in [0.15, 0.2) is 0 Å². The third-order valence-electron chi connectivity index (χ3n) is 3.39. The third-order valence-corrected chi connectivity index (χ3v) is 4.13. The fourth-order valence-corrected chi connectivity index (χ4v) is 2.52. The van der Waals surface area contributed by atoms with E-state index in [1.165, 1.54) is 7.11 Å². The van der Waals surface area contributed by atoms with E-state index in [0.29, 0.717) is 54.9 Å². The fourth-order valence-electron chi connectivity index (χ4n) is 2.22. The maximum absolute atomic E-state index is 12.2. The molecule has 5 nitrogen and oxygen atoms in total. The van der Waals surface area contributed by atoms with Gasteiger partial charge in [-0.1, -0.05) is 34.4 Å². The minimum absolute atomic E-state index is 0.0900. The molecule has 1 saturated heterocycles. The summed E-state index contributed by atoms with van der Waals surface area (Å²) < 4.78 is 5.24. The Morgan fingerprint density at radius 1 is 1.27 bits per heavy atom. The Labute approximate surface area is 139 Å². The van der Waals surface area contributed by atoms with E-state index < -0.39 is 0 Å². The number of nitrogens with zero attached hydrogens (tertiary/aromatic N) is 2. The molecule has 2 rings (SSSR count). The number of benzene rings is 1. The number of ether oxygens (including phenoxy) is 1. The highest BCUT2D eigenvalue weighted by molar-refractivity contribution is 6.42. The Balaban J connectivity index is 2.01. The minimum atomic E-state index is 0.0900. The standard InChI is InChI=1S/C15H18Cl2N2O3/c1-21-18-14(11-2-3-12(16)13(17)10-11)4-5-15(20)19-6-8-22-9-7-19/h2-3,10H,4-9H2,1H3/b18-14-. The highest BCUT2D eigenvalue weighted by Crippen LogP contribution is 2.23. The number of carbonyl (C=O) groups excluding carboxylic acids is 1. The molecule has 7 heteroatoms. The van der Waals surface area contributed by atoms with Crippen molar-refractivity contribution >= 4 is 34.8 Å². The first kappa shape index (κ1) is 17.1. The van der Waals surface area contributed by atoms with Crippen molar-refractivity contribution < 1.29 is 14.4 Å². The lowest BCUT2D eigenvalue weighted by atomic mass is 10.1. The molecule has 0 saturated carbocycles. The summed E-state index contributed by atoms with van der Waals surface area (Å²) in [6.45, 7) is 2.47. The quantitative estimate of drug-likeness (QED) is 0.609. The van der Waals surface area contributed by atoms with E-state index in [1.54, 1.807) is 12.1 Å². The topological polar surface area (TPSA) is 51.1 Å². The van der Waals surface area contributed by atoms with Crippen LogP contribution >= 0.6 is 23.2 Å². The number of hydrogen-bond acceptors (Lipinski definition) is 4. The lowest BCUT2D eigenvalue weighted by molar-refractivity contribution is -0.135. The van der Waals surface area contributed by atoms with E-state index >= 15 is 0 Å². The first-order chi connectivity index (χ1) is 10.6. The van der Waals surface area contributed by atoms with Gasteiger partial charge in [0.1, 0.15) is 7.11 Å². The van der Waals surface area contributed by atoms with Crippen LogP contribution in [0.1, 0.15) is 18.4 Å². The highest BCUT2D eigenvalue weighted by atomic mass is 35.5. The Bertz CT molecular complexity index is 558. The summed E-state index contributed by atoms with van der Waals surface area (Å²) in [5.41, 5.74) is 1.47. The average Bonchev–Trinajstić information content (AvgIpc) is 2.54. The molecule has 1 fully saturated rings. The van der Waals surface area contributed by atoms with Gasteiger partial charge in [-0.25, -0.2) is 0 Å². The van der Waals surface area contributed by atoms with Crippen LogP contribution < -0.4 is 0 Å². The summed E-state index contributed by atoms with van der Waals surface area (Å²) in [4.78, 5) is 18.9. The lowest BCUT2D eigenvalue weighted by Gasteiger charge is -2.26. The zero-order chi connectivity index (χ0) is 15.9. The van der Waals surface area contributed by atoms with Gasteiger partial charge in [0.25, 0.3) is 0 Å². The molecule has 0 N–H and O–H groups in total. The second kappa shape index (κ2) is 8.36. The van der Waals surface area contributed by atoms with Gasteiger partial charge >= 0.3 is 0 Å². The van der Waals surface area contributed by atoms with E-state index in [9.17, 15) is 4.79 Å². The number of morpholine rings is 1. The minimum Gasteiger partial charge on any atom is -0.399 e. The largest absolute Gasteiger partial charge is 0.399 e. The van der Waals surface area contributed by atoms with Crippen molar-refractivity contribution in [1.82, 2.24) is 4.90 Å². The normalized spacial score (nSPS) is 15.8. The predicted octanol–water partition coefficient (Wildman–Crippen LogP) is 2.98. The smallest absolute Gasteiger partial charge is 0.223 e. The zero-order valence-electron chi connectivity index (χ0n) is 12.3. The monoisotopic (exact) mass is 344 g/mol. The summed E-state index contributed by atoms with van der Waals surface area (Å²) in [5.74, 6) is 0.0900. The number of amides is 1. The Kier molecular flexibility index (Phi) is 6.49. The highest BCUT2D eigenvalue weighted by Gasteiger charge is 2.18. The maximum atomic E-state index is 12.2. The molecule has 0 atom stereocenters. The molecule has 1 aliphatic heterocycles. The molecule has 1 aromatic rings. The van der Waals surface area contributed by atoms with Crippen LogP contribution in [-0.4, -0.2) is 49.9 Å². The first-order valence-electron chi connectivity index (χ1n) is 7.03. The third kappa shape index (κ3) is 4.60. The summed E-state index contributed by atoms with van der Waals surface area (Å²) in [7, 11) is 1.47. The molecule has 0 unspecified atom stereocenters. The molecule has 1 amide bonds. The van der Waals surface area contributed by atoms with Crippen molar-refractivity contribution in [2.45, 2.75) is 12.8 Å². The number of carbonyl (C=O) groups is 1. The molecular weight excluding hydrogens is 327 g/mol. The second-order valence-corrected chi connectivity index (χ2v) is 5.66. The Hall–Kier alpha value is -1.30. The van der Waals surface area contributed by atoms with E-state index in [1.807, 2.05) is 11.0 Å². The van der Waals surface area contributed by atoms with Crippen LogP contribution in [0.3, 0.4) is 0 Å². The van der Waals surface area contributed by atoms with Gasteiger partial charge in [0.05, 0.1) is 29.0 Å². The second-order valence-electron chi connectivity index (χ2n) is 4.84. The van der Waals surface area contributed by atoms with E-state index in [-0.39, 0.29) is 5.91 Å². The molecule has 1 heterocycles. The van der Waals surface area contributed by atoms with Crippen LogP contribution in [0.2, 0.25) is 10.0 Å². The van der Waals surface area contributed by atoms with E-state index in [2.05, 4.69) is 5.16 Å². The van der Waals surface area contributed by atoms with Gasteiger partial charge in [-0.2, -0.15) is 0 Å². The van der Waals surface area contributed by atoms with Crippen LogP contribution in [0.15, 0.2) is 23.4 Å². The van der Waals surface area contributed by atoms with Gasteiger partial charge < -0.3 is 14.5 Å². The van der Waals surface area contributed by atoms with Crippen LogP contribution in [0, 0.1) is 0 Å². The summed E-state index contributed by atoms with van der Waals surface area (Å²) in [5, 5.41) is 4.93. The fraction of sp³-hybridized carbons (Fsp3) is 0.467. The molecule has 120 valence electrons. The van der Waals surface area contributed by atoms with Crippen molar-refractivity contribution in [3.63, 3.8) is 0 Å². The summed E-state index contributed by atoms with van der Waals surface area (Å²) >= 11 is 11.9. The van der Waals surface area contributed by atoms with Gasteiger partial charge in [-0.05, 0) is 12.1 Å². The molecule has 0 radical (unpaired) electrons. The van der Waals surface area contributed by atoms with Crippen molar-refractivity contribution in [1.29, 1.82) is 0 Å². The number of halogens is 2. The number of rotatable bonds is 5. The van der Waals surface area contributed by atoms with Crippen molar-refractivity contribution in [3.8, 4) is 0 Å². The van der Waals surface area contributed by atoms with Crippen LogP contribution in [0.5, 0.6) is 0 Å². The first-order valence-corrected chi connectivity index (χ1v) is 7.78. The lowest BCUT2D eigenvalue weighted by Crippen LogP contribution is -2.40. The molecule has 0 aliphatic carbocycles. The average molecular weight is 345 g/mol. The molecular formula is C15H18Cl2N2O3. The van der Waals surface area contributed by atoms with Crippen LogP contribution in [0.4, 0.5) is 0 Å². The zero-order valence-corrected chi connectivity index (χ0v) is 13.9. The van der Waals surface area contributed by atoms with Crippen molar-refractivity contribution in [2.24, 2.45) is 5.16 Å². The molecule has 0 bridgehead atoms. The van der Waals surface area contributed by atoms with Crippen LogP contribution in [-0.2, 0) is 14.4 Å². The number of hydrogen-bond donors (Lipinski definition) is 0. The Morgan fingerprint density at radius 2 is 2.00 bits per heavy atom. The van der Waals surface area contributed by atoms with Crippen LogP contribution in [0.25, 0.3) is 0 Å². The molecule has 22 heavy (non-hydrogen) atoms. The maximum Gasteiger partial charge on any atom is 0.223 e. The van der Waals surface area contributed by atoms with Gasteiger partial charge in [-0.3, -0.25) is 4.79 Å². The van der Waals surface area contributed by atoms with Crippen molar-refractivity contribution in [2.75, 3.05) is 33.4 Å². The molecule has 0 aromatic heterocycles. The molecule has 1 aromatic carbocycles. The van der Waals surface area contributed by atoms with E-state index in [0.717, 1.165) is 5.56 Å². The van der Waals surface area contributed by atoms with E-state index in [4.69, 9.17) is 32.8 Å². The van der Waals surface area contributed by atoms with Gasteiger partial charge in [0, 0.05) is 31.5 Å². The van der Waals surface area contributed by atoms with Gasteiger partial charge in [-0.15, -0.1) is 0 Å². The summed E-state index contributed by atoms with van der Waals surface area (Å²) in [6, 6.07) is 5.24. The SMILES string of the molecule is CO/N=C(/CCC(=O)N1CCOCC1)c1ccc(Cl)c(Cl)c1. The van der Waals surface area contributed by atoms with Gasteiger partial charge in [0.2, 0.25) is 5.91 Å². The van der Waals surface area contributed by atoms with Crippen molar-refractivity contribution in [3.05, 3.63) is 33.8 Å². The molecule has 1 aliphatic rings. The Morgan fingerprint density at radius 3 is 2.64 bits per heavy atom. The molecule has 0 spiro atoms.